The second-order valence-electron chi connectivity index (χ2n) is 5.71. The molecule has 3 rings (SSSR count). The van der Waals surface area contributed by atoms with Crippen molar-refractivity contribution in [3.8, 4) is 0 Å². The van der Waals surface area contributed by atoms with E-state index in [1.165, 1.54) is 5.69 Å². The van der Waals surface area contributed by atoms with Gasteiger partial charge in [-0.05, 0) is 24.3 Å². The second kappa shape index (κ2) is 10.4. The highest BCUT2D eigenvalue weighted by Crippen LogP contribution is 2.19. The molecule has 1 aromatic carbocycles. The first-order valence-electron chi connectivity index (χ1n) is 8.27. The summed E-state index contributed by atoms with van der Waals surface area (Å²) in [6.45, 7) is 4.81. The Morgan fingerprint density at radius 1 is 1.15 bits per heavy atom. The number of aliphatic imine (C=N–C) groups is 1. The van der Waals surface area contributed by atoms with Gasteiger partial charge in [0.05, 0.1) is 12.7 Å². The summed E-state index contributed by atoms with van der Waals surface area (Å²) in [4.78, 5) is 17.0. The van der Waals surface area contributed by atoms with Gasteiger partial charge >= 0.3 is 0 Å². The van der Waals surface area contributed by atoms with Gasteiger partial charge in [-0.25, -0.2) is 4.98 Å². The van der Waals surface area contributed by atoms with Gasteiger partial charge in [-0.1, -0.05) is 11.6 Å². The van der Waals surface area contributed by atoms with Crippen molar-refractivity contribution in [2.75, 3.05) is 49.5 Å². The standard InChI is InChI=1S/C17H22ClN7.HI/c18-14-1-3-15(4-2-14)24-9-11-25(12-10-24)17(19)23-8-7-22-16-13-20-5-6-21-16;/h1-6,13H,7-12H2,(H2,19,23)(H,21,22);1H. The summed E-state index contributed by atoms with van der Waals surface area (Å²) >= 11 is 5.94. The minimum atomic E-state index is 0. The molecule has 1 aliphatic rings. The summed E-state index contributed by atoms with van der Waals surface area (Å²) in [5, 5.41) is 3.92. The first-order valence-corrected chi connectivity index (χ1v) is 8.65. The average Bonchev–Trinajstić information content (AvgIpc) is 2.67. The van der Waals surface area contributed by atoms with Crippen LogP contribution in [0.2, 0.25) is 5.02 Å². The van der Waals surface area contributed by atoms with Crippen LogP contribution in [0.3, 0.4) is 0 Å². The van der Waals surface area contributed by atoms with Crippen molar-refractivity contribution in [2.45, 2.75) is 0 Å². The zero-order valence-corrected chi connectivity index (χ0v) is 17.5. The minimum absolute atomic E-state index is 0. The lowest BCUT2D eigenvalue weighted by atomic mass is 10.2. The average molecular weight is 488 g/mol. The summed E-state index contributed by atoms with van der Waals surface area (Å²) < 4.78 is 0. The van der Waals surface area contributed by atoms with Crippen LogP contribution in [-0.4, -0.2) is 60.1 Å². The number of nitrogens with one attached hydrogen (secondary N) is 1. The SMILES string of the molecule is I.NC(=NCCNc1cnccn1)N1CCN(c2ccc(Cl)cc2)CC1. The molecule has 26 heavy (non-hydrogen) atoms. The van der Waals surface area contributed by atoms with Crippen LogP contribution in [0.5, 0.6) is 0 Å². The summed E-state index contributed by atoms with van der Waals surface area (Å²) in [5.41, 5.74) is 7.30. The van der Waals surface area contributed by atoms with E-state index in [4.69, 9.17) is 17.3 Å². The maximum absolute atomic E-state index is 6.12. The molecule has 0 atom stereocenters. The van der Waals surface area contributed by atoms with Gasteiger partial charge < -0.3 is 20.9 Å². The van der Waals surface area contributed by atoms with Crippen LogP contribution in [0.15, 0.2) is 47.8 Å². The molecular weight excluding hydrogens is 465 g/mol. The van der Waals surface area contributed by atoms with Crippen molar-refractivity contribution in [2.24, 2.45) is 10.7 Å². The molecule has 0 bridgehead atoms. The lowest BCUT2D eigenvalue weighted by Gasteiger charge is -2.36. The van der Waals surface area contributed by atoms with Crippen LogP contribution in [0.4, 0.5) is 11.5 Å². The van der Waals surface area contributed by atoms with Crippen molar-refractivity contribution in [3.63, 3.8) is 0 Å². The fourth-order valence-electron chi connectivity index (χ4n) is 2.69. The molecule has 0 aliphatic carbocycles. The van der Waals surface area contributed by atoms with Crippen LogP contribution in [-0.2, 0) is 0 Å². The van der Waals surface area contributed by atoms with E-state index in [9.17, 15) is 0 Å². The van der Waals surface area contributed by atoms with Gasteiger partial charge in [0.25, 0.3) is 0 Å². The van der Waals surface area contributed by atoms with Crippen molar-refractivity contribution in [3.05, 3.63) is 47.9 Å². The number of hydrogen-bond acceptors (Lipinski definition) is 5. The number of anilines is 2. The quantitative estimate of drug-likeness (QED) is 0.291. The maximum Gasteiger partial charge on any atom is 0.191 e. The van der Waals surface area contributed by atoms with Crippen molar-refractivity contribution in [1.29, 1.82) is 0 Å². The van der Waals surface area contributed by atoms with Gasteiger partial charge in [0, 0.05) is 55.8 Å². The van der Waals surface area contributed by atoms with Gasteiger partial charge in [-0.2, -0.15) is 0 Å². The van der Waals surface area contributed by atoms with E-state index in [-0.39, 0.29) is 24.0 Å². The number of hydrogen-bond donors (Lipinski definition) is 2. The van der Waals surface area contributed by atoms with Crippen molar-refractivity contribution in [1.82, 2.24) is 14.9 Å². The number of nitrogens with two attached hydrogens (primary N) is 1. The second-order valence-corrected chi connectivity index (χ2v) is 6.14. The Morgan fingerprint density at radius 2 is 1.88 bits per heavy atom. The molecule has 1 fully saturated rings. The number of guanidine groups is 1. The van der Waals surface area contributed by atoms with Gasteiger partial charge in [0.2, 0.25) is 0 Å². The molecule has 7 nitrogen and oxygen atoms in total. The summed E-state index contributed by atoms with van der Waals surface area (Å²) in [6, 6.07) is 7.94. The Kier molecular flexibility index (Phi) is 8.17. The van der Waals surface area contributed by atoms with Gasteiger partial charge in [0.1, 0.15) is 5.82 Å². The molecule has 2 aromatic rings. The Labute approximate surface area is 175 Å². The van der Waals surface area contributed by atoms with E-state index in [0.29, 0.717) is 19.0 Å². The molecule has 1 aromatic heterocycles. The molecular formula is C17H23ClIN7. The third-order valence-corrected chi connectivity index (χ3v) is 4.30. The normalized spacial score (nSPS) is 14.7. The van der Waals surface area contributed by atoms with E-state index >= 15 is 0 Å². The number of piperazine rings is 1. The molecule has 1 aliphatic heterocycles. The summed E-state index contributed by atoms with van der Waals surface area (Å²) in [6.07, 6.45) is 4.98. The molecule has 1 saturated heterocycles. The fourth-order valence-corrected chi connectivity index (χ4v) is 2.82. The number of rotatable bonds is 5. The number of benzene rings is 1. The Morgan fingerprint density at radius 3 is 2.54 bits per heavy atom. The van der Waals surface area contributed by atoms with Crippen LogP contribution in [0, 0.1) is 0 Å². The minimum Gasteiger partial charge on any atom is -0.370 e. The molecule has 0 radical (unpaired) electrons. The zero-order valence-electron chi connectivity index (χ0n) is 14.4. The Hall–Kier alpha value is -1.81. The third kappa shape index (κ3) is 5.87. The molecule has 3 N–H and O–H groups in total. The summed E-state index contributed by atoms with van der Waals surface area (Å²) in [5.74, 6) is 1.34. The third-order valence-electron chi connectivity index (χ3n) is 4.05. The predicted molar refractivity (Wildman–Crippen MR) is 118 cm³/mol. The zero-order chi connectivity index (χ0) is 17.5. The number of nitrogens with zero attached hydrogens (tertiary/aromatic N) is 5. The van der Waals surface area contributed by atoms with Crippen molar-refractivity contribution >= 4 is 53.0 Å². The molecule has 0 spiro atoms. The topological polar surface area (TPSA) is 82.7 Å². The van der Waals surface area contributed by atoms with Crippen LogP contribution in [0.1, 0.15) is 0 Å². The van der Waals surface area contributed by atoms with E-state index in [1.807, 2.05) is 24.3 Å². The predicted octanol–water partition coefficient (Wildman–Crippen LogP) is 2.30. The van der Waals surface area contributed by atoms with Crippen LogP contribution >= 0.6 is 35.6 Å². The van der Waals surface area contributed by atoms with Gasteiger partial charge in [0.15, 0.2) is 5.96 Å². The molecule has 0 saturated carbocycles. The van der Waals surface area contributed by atoms with E-state index in [0.717, 1.165) is 37.0 Å². The maximum atomic E-state index is 6.12. The van der Waals surface area contributed by atoms with Crippen LogP contribution in [0.25, 0.3) is 0 Å². The lowest BCUT2D eigenvalue weighted by molar-refractivity contribution is 0.381. The van der Waals surface area contributed by atoms with Gasteiger partial charge in [-0.3, -0.25) is 9.98 Å². The molecule has 2 heterocycles. The first-order chi connectivity index (χ1) is 12.2. The molecule has 9 heteroatoms. The van der Waals surface area contributed by atoms with E-state index < -0.39 is 0 Å². The fraction of sp³-hybridized carbons (Fsp3) is 0.353. The highest BCUT2D eigenvalue weighted by atomic mass is 127. The van der Waals surface area contributed by atoms with Crippen LogP contribution < -0.4 is 16.0 Å². The highest BCUT2D eigenvalue weighted by Gasteiger charge is 2.18. The Balaban J connectivity index is 0.00000243. The van der Waals surface area contributed by atoms with E-state index in [2.05, 4.69) is 30.1 Å². The summed E-state index contributed by atoms with van der Waals surface area (Å²) in [7, 11) is 0. The number of halogens is 2. The monoisotopic (exact) mass is 487 g/mol. The smallest absolute Gasteiger partial charge is 0.191 e. The molecule has 0 amide bonds. The van der Waals surface area contributed by atoms with Gasteiger partial charge in [-0.15, -0.1) is 24.0 Å². The largest absolute Gasteiger partial charge is 0.370 e. The molecule has 0 unspecified atom stereocenters. The first kappa shape index (κ1) is 20.5. The molecule has 140 valence electrons. The lowest BCUT2D eigenvalue weighted by Crippen LogP contribution is -2.51. The van der Waals surface area contributed by atoms with E-state index in [1.54, 1.807) is 18.6 Å². The van der Waals surface area contributed by atoms with Crippen molar-refractivity contribution < 1.29 is 0 Å². The highest BCUT2D eigenvalue weighted by molar-refractivity contribution is 14.0. The Bertz CT molecular complexity index is 688. The number of aromatic nitrogens is 2.